The van der Waals surface area contributed by atoms with Gasteiger partial charge in [0.2, 0.25) is 0 Å². The lowest BCUT2D eigenvalue weighted by Gasteiger charge is -2.14. The lowest BCUT2D eigenvalue weighted by atomic mass is 10.3. The van der Waals surface area contributed by atoms with Crippen molar-refractivity contribution in [2.45, 2.75) is 13.8 Å². The van der Waals surface area contributed by atoms with Crippen LogP contribution in [0.25, 0.3) is 0 Å². The Morgan fingerprint density at radius 2 is 1.05 bits per heavy atom. The molecule has 0 atom stereocenters. The molecule has 4 nitrogen and oxygen atoms in total. The van der Waals surface area contributed by atoms with Crippen LogP contribution in [-0.2, 0) is 9.59 Å². The van der Waals surface area contributed by atoms with E-state index in [1.807, 2.05) is 24.3 Å². The van der Waals surface area contributed by atoms with E-state index >= 15 is 0 Å². The van der Waals surface area contributed by atoms with E-state index in [1.54, 1.807) is 24.3 Å². The molecular formula is C17H17O4P. The van der Waals surface area contributed by atoms with Crippen LogP contribution in [0.2, 0.25) is 0 Å². The molecule has 2 aromatic rings. The van der Waals surface area contributed by atoms with Crippen molar-refractivity contribution >= 4 is 30.5 Å². The maximum Gasteiger partial charge on any atom is 0.308 e. The molecule has 0 aromatic heterocycles. The molecule has 0 aliphatic heterocycles. The van der Waals surface area contributed by atoms with E-state index in [4.69, 9.17) is 9.47 Å². The summed E-state index contributed by atoms with van der Waals surface area (Å²) in [7, 11) is -0.517. The SMILES string of the molecule is CC(=O)Oc1ccc(P(C)c2ccc(OC(C)=O)cc2)cc1. The summed E-state index contributed by atoms with van der Waals surface area (Å²) < 4.78 is 10.1. The number of benzene rings is 2. The number of esters is 2. The van der Waals surface area contributed by atoms with Gasteiger partial charge in [0.1, 0.15) is 11.5 Å². The molecule has 0 spiro atoms. The van der Waals surface area contributed by atoms with Crippen molar-refractivity contribution in [3.63, 3.8) is 0 Å². The highest BCUT2D eigenvalue weighted by molar-refractivity contribution is 7.72. The van der Waals surface area contributed by atoms with Crippen molar-refractivity contribution in [1.82, 2.24) is 0 Å². The van der Waals surface area contributed by atoms with E-state index in [1.165, 1.54) is 24.5 Å². The minimum absolute atomic E-state index is 0.326. The molecule has 0 amide bonds. The predicted octanol–water partition coefficient (Wildman–Crippen LogP) is 2.60. The van der Waals surface area contributed by atoms with Crippen LogP contribution >= 0.6 is 7.92 Å². The number of ether oxygens (including phenoxy) is 2. The van der Waals surface area contributed by atoms with E-state index in [0.717, 1.165) is 0 Å². The quantitative estimate of drug-likeness (QED) is 0.494. The molecule has 2 rings (SSSR count). The van der Waals surface area contributed by atoms with E-state index in [9.17, 15) is 9.59 Å². The van der Waals surface area contributed by atoms with Gasteiger partial charge >= 0.3 is 11.9 Å². The van der Waals surface area contributed by atoms with Crippen LogP contribution in [0.1, 0.15) is 13.8 Å². The number of carbonyl (C=O) groups is 2. The van der Waals surface area contributed by atoms with Crippen molar-refractivity contribution in [2.75, 3.05) is 6.66 Å². The van der Waals surface area contributed by atoms with E-state index < -0.39 is 7.92 Å². The van der Waals surface area contributed by atoms with Crippen LogP contribution in [0.4, 0.5) is 0 Å². The summed E-state index contributed by atoms with van der Waals surface area (Å²) in [5.74, 6) is 0.440. The van der Waals surface area contributed by atoms with Crippen LogP contribution in [0.15, 0.2) is 48.5 Å². The van der Waals surface area contributed by atoms with Gasteiger partial charge in [-0.15, -0.1) is 0 Å². The third kappa shape index (κ3) is 4.40. The zero-order chi connectivity index (χ0) is 16.1. The third-order valence-corrected chi connectivity index (χ3v) is 5.12. The molecule has 0 aliphatic carbocycles. The number of rotatable bonds is 4. The van der Waals surface area contributed by atoms with Crippen LogP contribution in [0.5, 0.6) is 11.5 Å². The van der Waals surface area contributed by atoms with E-state index in [-0.39, 0.29) is 11.9 Å². The second-order valence-corrected chi connectivity index (χ2v) is 6.88. The van der Waals surface area contributed by atoms with E-state index in [2.05, 4.69) is 6.66 Å². The summed E-state index contributed by atoms with van der Waals surface area (Å²) >= 11 is 0. The molecule has 0 radical (unpaired) electrons. The van der Waals surface area contributed by atoms with E-state index in [0.29, 0.717) is 11.5 Å². The first kappa shape index (κ1) is 16.2. The Hall–Kier alpha value is -2.19. The molecular weight excluding hydrogens is 299 g/mol. The van der Waals surface area contributed by atoms with Crippen molar-refractivity contribution < 1.29 is 19.1 Å². The van der Waals surface area contributed by atoms with Gasteiger partial charge in [0.05, 0.1) is 0 Å². The zero-order valence-electron chi connectivity index (χ0n) is 12.7. The highest BCUT2D eigenvalue weighted by Crippen LogP contribution is 2.30. The molecule has 22 heavy (non-hydrogen) atoms. The monoisotopic (exact) mass is 316 g/mol. The summed E-state index contributed by atoms with van der Waals surface area (Å²) in [5, 5.41) is 2.34. The Morgan fingerprint density at radius 3 is 1.32 bits per heavy atom. The van der Waals surface area contributed by atoms with Gasteiger partial charge in [0, 0.05) is 13.8 Å². The largest absolute Gasteiger partial charge is 0.427 e. The summed E-state index contributed by atoms with van der Waals surface area (Å²) in [5.41, 5.74) is 0. The summed E-state index contributed by atoms with van der Waals surface area (Å²) in [6.07, 6.45) is 0. The molecule has 0 heterocycles. The van der Waals surface area contributed by atoms with Gasteiger partial charge in [0.15, 0.2) is 0 Å². The molecule has 0 fully saturated rings. The summed E-state index contributed by atoms with van der Waals surface area (Å²) in [4.78, 5) is 21.8. The first-order chi connectivity index (χ1) is 10.5. The minimum Gasteiger partial charge on any atom is -0.427 e. The summed E-state index contributed by atoms with van der Waals surface area (Å²) in [6, 6.07) is 15.0. The molecule has 0 saturated heterocycles. The second-order valence-electron chi connectivity index (χ2n) is 4.73. The average Bonchev–Trinajstić information content (AvgIpc) is 2.47. The molecule has 0 bridgehead atoms. The number of hydrogen-bond acceptors (Lipinski definition) is 4. The van der Waals surface area contributed by atoms with Crippen LogP contribution in [0.3, 0.4) is 0 Å². The lowest BCUT2D eigenvalue weighted by Crippen LogP contribution is -2.11. The maximum absolute atomic E-state index is 10.9. The van der Waals surface area contributed by atoms with Crippen molar-refractivity contribution in [3.8, 4) is 11.5 Å². The highest BCUT2D eigenvalue weighted by Gasteiger charge is 2.09. The molecule has 0 N–H and O–H groups in total. The van der Waals surface area contributed by atoms with Gasteiger partial charge in [-0.25, -0.2) is 0 Å². The van der Waals surface area contributed by atoms with Crippen molar-refractivity contribution in [2.24, 2.45) is 0 Å². The van der Waals surface area contributed by atoms with Gasteiger partial charge in [-0.05, 0) is 49.5 Å². The van der Waals surface area contributed by atoms with Crippen LogP contribution in [0, 0.1) is 0 Å². The zero-order valence-corrected chi connectivity index (χ0v) is 13.6. The highest BCUT2D eigenvalue weighted by atomic mass is 31.1. The third-order valence-electron chi connectivity index (χ3n) is 2.97. The fourth-order valence-corrected chi connectivity index (χ4v) is 3.45. The predicted molar refractivity (Wildman–Crippen MR) is 87.6 cm³/mol. The fraction of sp³-hybridized carbons (Fsp3) is 0.176. The Labute approximate surface area is 130 Å². The molecule has 2 aromatic carbocycles. The molecule has 0 saturated carbocycles. The van der Waals surface area contributed by atoms with Gasteiger partial charge < -0.3 is 9.47 Å². The first-order valence-corrected chi connectivity index (χ1v) is 8.55. The Bertz CT molecular complexity index is 603. The van der Waals surface area contributed by atoms with Crippen molar-refractivity contribution in [1.29, 1.82) is 0 Å². The second kappa shape index (κ2) is 7.19. The molecule has 114 valence electrons. The van der Waals surface area contributed by atoms with Gasteiger partial charge in [0.25, 0.3) is 0 Å². The Morgan fingerprint density at radius 1 is 0.727 bits per heavy atom. The minimum atomic E-state index is -0.517. The number of carbonyl (C=O) groups excluding carboxylic acids is 2. The molecule has 0 unspecified atom stereocenters. The molecule has 0 aliphatic rings. The van der Waals surface area contributed by atoms with Crippen molar-refractivity contribution in [3.05, 3.63) is 48.5 Å². The lowest BCUT2D eigenvalue weighted by molar-refractivity contribution is -0.132. The van der Waals surface area contributed by atoms with Gasteiger partial charge in [-0.2, -0.15) is 0 Å². The Kier molecular flexibility index (Phi) is 5.29. The molecule has 5 heteroatoms. The normalized spacial score (nSPS) is 10.4. The van der Waals surface area contributed by atoms with Crippen LogP contribution < -0.4 is 20.1 Å². The smallest absolute Gasteiger partial charge is 0.308 e. The first-order valence-electron chi connectivity index (χ1n) is 6.76. The maximum atomic E-state index is 10.9. The summed E-state index contributed by atoms with van der Waals surface area (Å²) in [6.45, 7) is 4.91. The van der Waals surface area contributed by atoms with Gasteiger partial charge in [-0.3, -0.25) is 9.59 Å². The average molecular weight is 316 g/mol. The van der Waals surface area contributed by atoms with Gasteiger partial charge in [-0.1, -0.05) is 24.3 Å². The van der Waals surface area contributed by atoms with Crippen LogP contribution in [-0.4, -0.2) is 18.6 Å². The fourth-order valence-electron chi connectivity index (χ4n) is 1.96. The Balaban J connectivity index is 2.11. The topological polar surface area (TPSA) is 52.6 Å². The standard InChI is InChI=1S/C17H17O4P/c1-12(18)20-14-4-8-16(9-5-14)22(3)17-10-6-15(7-11-17)21-13(2)19/h4-11H,1-3H3. The number of hydrogen-bond donors (Lipinski definition) is 0.